The van der Waals surface area contributed by atoms with E-state index in [9.17, 15) is 4.79 Å². The third kappa shape index (κ3) is 1.86. The van der Waals surface area contributed by atoms with Crippen molar-refractivity contribution < 1.29 is 9.53 Å². The van der Waals surface area contributed by atoms with Gasteiger partial charge in [0.05, 0.1) is 0 Å². The maximum absolute atomic E-state index is 11.5. The molecule has 3 atom stereocenters. The number of rotatable bonds is 1. The molecule has 2 aliphatic carbocycles. The largest absolute Gasteiger partial charge is 0.467 e. The summed E-state index contributed by atoms with van der Waals surface area (Å²) in [5, 5.41) is 0.455. The highest BCUT2D eigenvalue weighted by Gasteiger charge is 2.54. The number of hydrogen-bond acceptors (Lipinski definition) is 4. The molecule has 0 bridgehead atoms. The van der Waals surface area contributed by atoms with Gasteiger partial charge in [-0.2, -0.15) is 0 Å². The number of ether oxygens (including phenoxy) is 1. The SMILES string of the molecule is C[C@@]12CC(=O)CC[C@@H]1[C@H](OC(=S)n1ccnc1)C2. The van der Waals surface area contributed by atoms with Gasteiger partial charge in [0.1, 0.15) is 18.2 Å². The van der Waals surface area contributed by atoms with Crippen LogP contribution in [0.1, 0.15) is 32.6 Å². The lowest BCUT2D eigenvalue weighted by Gasteiger charge is -2.54. The van der Waals surface area contributed by atoms with Crippen LogP contribution in [0.4, 0.5) is 0 Å². The van der Waals surface area contributed by atoms with E-state index in [2.05, 4.69) is 11.9 Å². The van der Waals surface area contributed by atoms with Gasteiger partial charge in [0.25, 0.3) is 5.17 Å². The quantitative estimate of drug-likeness (QED) is 0.729. The van der Waals surface area contributed by atoms with Crippen LogP contribution in [-0.2, 0) is 9.53 Å². The minimum absolute atomic E-state index is 0.143. The molecule has 2 saturated carbocycles. The van der Waals surface area contributed by atoms with Crippen molar-refractivity contribution in [3.63, 3.8) is 0 Å². The minimum atomic E-state index is 0.143. The Morgan fingerprint density at radius 3 is 3.17 bits per heavy atom. The summed E-state index contributed by atoms with van der Waals surface area (Å²) >= 11 is 5.24. The second-order valence-electron chi connectivity index (χ2n) is 5.61. The third-order valence-electron chi connectivity index (χ3n) is 4.31. The van der Waals surface area contributed by atoms with E-state index in [1.807, 2.05) is 0 Å². The van der Waals surface area contributed by atoms with Crippen LogP contribution in [0.15, 0.2) is 18.7 Å². The highest BCUT2D eigenvalue weighted by Crippen LogP contribution is 2.55. The molecule has 0 aliphatic heterocycles. The van der Waals surface area contributed by atoms with Crippen molar-refractivity contribution in [1.29, 1.82) is 0 Å². The number of Topliss-reactive ketones (excluding diaryl/α,β-unsaturated/α-hetero) is 1. The van der Waals surface area contributed by atoms with E-state index in [1.54, 1.807) is 23.3 Å². The number of nitrogens with zero attached hydrogens (tertiary/aromatic N) is 2. The summed E-state index contributed by atoms with van der Waals surface area (Å²) in [4.78, 5) is 15.4. The summed E-state index contributed by atoms with van der Waals surface area (Å²) in [7, 11) is 0. The predicted octanol–water partition coefficient (Wildman–Crippen LogP) is 2.18. The first-order valence-corrected chi connectivity index (χ1v) is 6.70. The maximum atomic E-state index is 11.5. The third-order valence-corrected chi connectivity index (χ3v) is 4.62. The standard InChI is InChI=1S/C13H16N2O2S/c1-13-6-9(16)2-3-10(13)11(7-13)17-12(18)15-5-4-14-8-15/h4-5,8,10-11H,2-3,6-7H2,1H3/t10-,11-,13+/m1/s1. The van der Waals surface area contributed by atoms with Crippen molar-refractivity contribution in [3.05, 3.63) is 18.7 Å². The van der Waals surface area contributed by atoms with E-state index < -0.39 is 0 Å². The molecule has 2 aliphatic rings. The molecule has 2 fully saturated rings. The molecule has 0 saturated heterocycles. The Morgan fingerprint density at radius 2 is 2.50 bits per heavy atom. The average Bonchev–Trinajstić information content (AvgIpc) is 2.80. The van der Waals surface area contributed by atoms with Crippen LogP contribution in [0.5, 0.6) is 0 Å². The van der Waals surface area contributed by atoms with E-state index in [0.29, 0.717) is 29.7 Å². The van der Waals surface area contributed by atoms with Gasteiger partial charge in [-0.25, -0.2) is 4.98 Å². The molecule has 0 N–H and O–H groups in total. The number of fused-ring (bicyclic) bond motifs is 1. The molecule has 18 heavy (non-hydrogen) atoms. The Bertz CT molecular complexity index is 485. The zero-order chi connectivity index (χ0) is 12.8. The minimum Gasteiger partial charge on any atom is -0.467 e. The van der Waals surface area contributed by atoms with Crippen LogP contribution in [0, 0.1) is 11.3 Å². The Balaban J connectivity index is 1.64. The highest BCUT2D eigenvalue weighted by molar-refractivity contribution is 7.80. The molecule has 4 nitrogen and oxygen atoms in total. The number of thiocarbonyl (C=S) groups is 1. The summed E-state index contributed by atoms with van der Waals surface area (Å²) in [5.74, 6) is 0.862. The summed E-state index contributed by atoms with van der Waals surface area (Å²) in [6.07, 6.45) is 8.53. The first-order chi connectivity index (χ1) is 8.58. The normalized spacial score (nSPS) is 34.6. The summed E-state index contributed by atoms with van der Waals surface area (Å²) in [5.41, 5.74) is 0.143. The van der Waals surface area contributed by atoms with Crippen molar-refractivity contribution in [2.75, 3.05) is 0 Å². The van der Waals surface area contributed by atoms with Crippen molar-refractivity contribution in [1.82, 2.24) is 9.55 Å². The van der Waals surface area contributed by atoms with Crippen LogP contribution in [0.2, 0.25) is 0 Å². The fourth-order valence-electron chi connectivity index (χ4n) is 3.32. The number of carbonyl (C=O) groups excluding carboxylic acids is 1. The van der Waals surface area contributed by atoms with E-state index in [0.717, 1.165) is 12.8 Å². The average molecular weight is 264 g/mol. The molecule has 0 amide bonds. The second-order valence-corrected chi connectivity index (χ2v) is 5.96. The number of carbonyl (C=O) groups is 1. The van der Waals surface area contributed by atoms with Gasteiger partial charge in [0.2, 0.25) is 0 Å². The van der Waals surface area contributed by atoms with Gasteiger partial charge in [0.15, 0.2) is 0 Å². The zero-order valence-corrected chi connectivity index (χ0v) is 11.2. The molecule has 5 heteroatoms. The van der Waals surface area contributed by atoms with Gasteiger partial charge in [-0.05, 0) is 30.5 Å². The Morgan fingerprint density at radius 1 is 1.67 bits per heavy atom. The highest BCUT2D eigenvalue weighted by atomic mass is 32.1. The van der Waals surface area contributed by atoms with Crippen LogP contribution < -0.4 is 0 Å². The Hall–Kier alpha value is -1.23. The fraction of sp³-hybridized carbons (Fsp3) is 0.615. The van der Waals surface area contributed by atoms with Crippen LogP contribution >= 0.6 is 12.2 Å². The fourth-order valence-corrected chi connectivity index (χ4v) is 3.55. The van der Waals surface area contributed by atoms with Gasteiger partial charge < -0.3 is 4.74 Å². The predicted molar refractivity (Wildman–Crippen MR) is 70.2 cm³/mol. The number of ketones is 1. The Labute approximate surface area is 111 Å². The molecule has 1 aromatic heterocycles. The lowest BCUT2D eigenvalue weighted by molar-refractivity contribution is -0.145. The first kappa shape index (κ1) is 11.8. The lowest BCUT2D eigenvalue weighted by Crippen LogP contribution is -2.55. The molecule has 0 unspecified atom stereocenters. The first-order valence-electron chi connectivity index (χ1n) is 6.29. The molecule has 3 rings (SSSR count). The van der Waals surface area contributed by atoms with Gasteiger partial charge in [-0.3, -0.25) is 9.36 Å². The molecule has 96 valence electrons. The molecule has 0 aromatic carbocycles. The Kier molecular flexibility index (Phi) is 2.73. The molecular weight excluding hydrogens is 248 g/mol. The van der Waals surface area contributed by atoms with Crippen molar-refractivity contribution in [2.45, 2.75) is 38.7 Å². The van der Waals surface area contributed by atoms with E-state index in [-0.39, 0.29) is 11.5 Å². The summed E-state index contributed by atoms with van der Waals surface area (Å²) in [6.45, 7) is 2.19. The molecule has 1 heterocycles. The van der Waals surface area contributed by atoms with E-state index in [4.69, 9.17) is 17.0 Å². The van der Waals surface area contributed by atoms with E-state index in [1.165, 1.54) is 0 Å². The maximum Gasteiger partial charge on any atom is 0.269 e. The summed E-state index contributed by atoms with van der Waals surface area (Å²) in [6, 6.07) is 0. The van der Waals surface area contributed by atoms with Crippen molar-refractivity contribution in [3.8, 4) is 0 Å². The summed E-state index contributed by atoms with van der Waals surface area (Å²) < 4.78 is 7.55. The molecular formula is C13H16N2O2S. The monoisotopic (exact) mass is 264 g/mol. The molecule has 0 spiro atoms. The van der Waals surface area contributed by atoms with Crippen molar-refractivity contribution >= 4 is 23.2 Å². The number of hydrogen-bond donors (Lipinski definition) is 0. The van der Waals surface area contributed by atoms with Crippen LogP contribution in [0.3, 0.4) is 0 Å². The molecule has 0 radical (unpaired) electrons. The van der Waals surface area contributed by atoms with E-state index >= 15 is 0 Å². The van der Waals surface area contributed by atoms with Crippen LogP contribution in [0.25, 0.3) is 0 Å². The number of aromatic nitrogens is 2. The van der Waals surface area contributed by atoms with Gasteiger partial charge >= 0.3 is 0 Å². The number of imidazole rings is 1. The van der Waals surface area contributed by atoms with Crippen LogP contribution in [-0.4, -0.2) is 26.6 Å². The second kappa shape index (κ2) is 4.16. The lowest BCUT2D eigenvalue weighted by atomic mass is 9.53. The van der Waals surface area contributed by atoms with Gasteiger partial charge in [-0.1, -0.05) is 6.92 Å². The van der Waals surface area contributed by atoms with Crippen molar-refractivity contribution in [2.24, 2.45) is 11.3 Å². The van der Waals surface area contributed by atoms with Gasteiger partial charge in [-0.15, -0.1) is 0 Å². The zero-order valence-electron chi connectivity index (χ0n) is 10.3. The smallest absolute Gasteiger partial charge is 0.269 e. The topological polar surface area (TPSA) is 44.1 Å². The molecule has 1 aromatic rings. The van der Waals surface area contributed by atoms with Gasteiger partial charge in [0, 0.05) is 31.2 Å².